The molecule has 2 aromatic rings. The van der Waals surface area contributed by atoms with Gasteiger partial charge in [0.25, 0.3) is 5.91 Å². The molecule has 2 fully saturated rings. The van der Waals surface area contributed by atoms with Crippen molar-refractivity contribution in [3.8, 4) is 0 Å². The number of rotatable bonds is 3. The van der Waals surface area contributed by atoms with E-state index in [1.165, 1.54) is 35.2 Å². The molecule has 0 bridgehead atoms. The number of anilines is 1. The molecule has 184 valence electrons. The molecule has 4 nitrogen and oxygen atoms in total. The van der Waals surface area contributed by atoms with Crippen molar-refractivity contribution in [3.63, 3.8) is 0 Å². The van der Waals surface area contributed by atoms with Crippen molar-refractivity contribution in [2.24, 2.45) is 5.92 Å². The van der Waals surface area contributed by atoms with Gasteiger partial charge in [-0.3, -0.25) is 9.59 Å². The average molecular weight is 501 g/mol. The molecule has 8 heteroatoms. The zero-order valence-electron chi connectivity index (χ0n) is 19.3. The Morgan fingerprint density at radius 1 is 1.03 bits per heavy atom. The quantitative estimate of drug-likeness (QED) is 0.458. The summed E-state index contributed by atoms with van der Waals surface area (Å²) in [4.78, 5) is 31.4. The normalized spacial score (nSPS) is 23.7. The van der Waals surface area contributed by atoms with Crippen molar-refractivity contribution in [3.05, 3.63) is 70.6 Å². The number of hydrogen-bond acceptors (Lipinski definition) is 3. The molecule has 2 heterocycles. The monoisotopic (exact) mass is 500 g/mol. The Balaban J connectivity index is 1.43. The predicted octanol–water partition coefficient (Wildman–Crippen LogP) is 6.41. The van der Waals surface area contributed by atoms with Crippen molar-refractivity contribution in [2.75, 3.05) is 11.4 Å². The van der Waals surface area contributed by atoms with E-state index in [0.717, 1.165) is 49.1 Å². The molecule has 1 aliphatic carbocycles. The van der Waals surface area contributed by atoms with E-state index in [-0.39, 0.29) is 24.4 Å². The minimum absolute atomic E-state index is 0.0136. The highest BCUT2D eigenvalue weighted by Gasteiger charge is 2.37. The smallest absolute Gasteiger partial charge is 0.336 e. The third-order valence-corrected chi connectivity index (χ3v) is 8.29. The van der Waals surface area contributed by atoms with Gasteiger partial charge in [0.15, 0.2) is 0 Å². The van der Waals surface area contributed by atoms with Gasteiger partial charge in [-0.05, 0) is 61.4 Å². The SMILES string of the molecule is O=C1/C(=C\C(=O)N2CCC[C@H]3CCCC[C@@H]32)Sc2ccccc2N1Cc1cccc(C(F)(F)F)c1. The third-order valence-electron chi connectivity index (χ3n) is 7.21. The van der Waals surface area contributed by atoms with Gasteiger partial charge in [0.2, 0.25) is 5.91 Å². The van der Waals surface area contributed by atoms with Crippen LogP contribution in [0, 0.1) is 5.92 Å². The molecule has 3 aliphatic rings. The van der Waals surface area contributed by atoms with Crippen LogP contribution in [0.4, 0.5) is 18.9 Å². The summed E-state index contributed by atoms with van der Waals surface area (Å²) in [5.41, 5.74) is 0.261. The number of amides is 2. The Bertz CT molecular complexity index is 1160. The summed E-state index contributed by atoms with van der Waals surface area (Å²) in [7, 11) is 0. The second kappa shape index (κ2) is 9.72. The standard InChI is InChI=1S/C27H27F3N2O2S/c28-27(29,30)20-10-5-7-18(15-20)17-32-22-12-3-4-13-23(22)35-24(26(32)34)16-25(33)31-14-6-9-19-8-1-2-11-21(19)31/h3-5,7,10,12-13,15-16,19,21H,1-2,6,8-9,11,14,17H2/b24-16+/t19-,21+/m1/s1. The number of halogens is 3. The van der Waals surface area contributed by atoms with E-state index in [4.69, 9.17) is 0 Å². The van der Waals surface area contributed by atoms with Gasteiger partial charge in [0, 0.05) is 23.6 Å². The minimum Gasteiger partial charge on any atom is -0.336 e. The minimum atomic E-state index is -4.46. The van der Waals surface area contributed by atoms with Crippen LogP contribution in [0.25, 0.3) is 0 Å². The molecule has 5 rings (SSSR count). The molecule has 2 aromatic carbocycles. The summed E-state index contributed by atoms with van der Waals surface area (Å²) in [6.07, 6.45) is 3.59. The fourth-order valence-corrected chi connectivity index (χ4v) is 6.56. The fourth-order valence-electron chi connectivity index (χ4n) is 5.54. The maximum Gasteiger partial charge on any atom is 0.416 e. The first-order valence-corrected chi connectivity index (χ1v) is 12.9. The second-order valence-corrected chi connectivity index (χ2v) is 10.5. The van der Waals surface area contributed by atoms with E-state index in [0.29, 0.717) is 28.6 Å². The lowest BCUT2D eigenvalue weighted by atomic mass is 9.78. The first-order valence-electron chi connectivity index (χ1n) is 12.1. The summed E-state index contributed by atoms with van der Waals surface area (Å²) in [5, 5.41) is 0. The zero-order valence-corrected chi connectivity index (χ0v) is 20.1. The van der Waals surface area contributed by atoms with Gasteiger partial charge in [0.05, 0.1) is 22.7 Å². The molecule has 2 aliphatic heterocycles. The number of hydrogen-bond donors (Lipinski definition) is 0. The molecule has 35 heavy (non-hydrogen) atoms. The number of fused-ring (bicyclic) bond motifs is 2. The number of thioether (sulfide) groups is 1. The molecule has 0 aromatic heterocycles. The van der Waals surface area contributed by atoms with Crippen LogP contribution in [0.15, 0.2) is 64.4 Å². The van der Waals surface area contributed by atoms with Crippen LogP contribution < -0.4 is 4.90 Å². The Kier molecular flexibility index (Phi) is 6.66. The fraction of sp³-hybridized carbons (Fsp3) is 0.407. The number of para-hydroxylation sites is 1. The van der Waals surface area contributed by atoms with Crippen molar-refractivity contribution in [1.29, 1.82) is 0 Å². The lowest BCUT2D eigenvalue weighted by molar-refractivity contribution is -0.137. The van der Waals surface area contributed by atoms with E-state index in [1.807, 2.05) is 17.0 Å². The van der Waals surface area contributed by atoms with Gasteiger partial charge in [0.1, 0.15) is 0 Å². The van der Waals surface area contributed by atoms with E-state index in [9.17, 15) is 22.8 Å². The largest absolute Gasteiger partial charge is 0.416 e. The number of piperidine rings is 1. The molecule has 0 spiro atoms. The van der Waals surface area contributed by atoms with Crippen LogP contribution in [-0.2, 0) is 22.3 Å². The second-order valence-electron chi connectivity index (χ2n) is 9.45. The Labute approximate surface area is 207 Å². The summed E-state index contributed by atoms with van der Waals surface area (Å²) in [5.74, 6) is 0.0280. The van der Waals surface area contributed by atoms with Gasteiger partial charge in [-0.25, -0.2) is 0 Å². The molecular formula is C27H27F3N2O2S. The molecule has 2 atom stereocenters. The van der Waals surface area contributed by atoms with Gasteiger partial charge in [-0.2, -0.15) is 13.2 Å². The van der Waals surface area contributed by atoms with Crippen LogP contribution in [-0.4, -0.2) is 29.3 Å². The summed E-state index contributed by atoms with van der Waals surface area (Å²) in [6.45, 7) is 0.688. The van der Waals surface area contributed by atoms with Gasteiger partial charge in [-0.15, -0.1) is 0 Å². The molecule has 2 amide bonds. The number of likely N-dealkylation sites (tertiary alicyclic amines) is 1. The van der Waals surface area contributed by atoms with Crippen LogP contribution in [0.3, 0.4) is 0 Å². The molecule has 0 unspecified atom stereocenters. The Morgan fingerprint density at radius 2 is 1.80 bits per heavy atom. The van der Waals surface area contributed by atoms with Crippen molar-refractivity contribution >= 4 is 29.3 Å². The molecule has 0 N–H and O–H groups in total. The molecule has 1 saturated carbocycles. The van der Waals surface area contributed by atoms with E-state index in [1.54, 1.807) is 18.2 Å². The zero-order chi connectivity index (χ0) is 24.6. The number of alkyl halides is 3. The summed E-state index contributed by atoms with van der Waals surface area (Å²) in [6, 6.07) is 12.5. The van der Waals surface area contributed by atoms with Crippen LogP contribution in [0.1, 0.15) is 49.7 Å². The highest BCUT2D eigenvalue weighted by molar-refractivity contribution is 8.04. The van der Waals surface area contributed by atoms with Crippen molar-refractivity contribution in [1.82, 2.24) is 4.90 Å². The van der Waals surface area contributed by atoms with E-state index < -0.39 is 11.7 Å². The first-order chi connectivity index (χ1) is 16.8. The number of carbonyl (C=O) groups is 2. The lowest BCUT2D eigenvalue weighted by Crippen LogP contribution is -2.49. The molecular weight excluding hydrogens is 473 g/mol. The molecule has 0 radical (unpaired) electrons. The lowest BCUT2D eigenvalue weighted by Gasteiger charge is -2.43. The van der Waals surface area contributed by atoms with Crippen LogP contribution >= 0.6 is 11.8 Å². The maximum absolute atomic E-state index is 13.5. The van der Waals surface area contributed by atoms with Crippen LogP contribution in [0.2, 0.25) is 0 Å². The Hall–Kier alpha value is -2.74. The van der Waals surface area contributed by atoms with Gasteiger partial charge >= 0.3 is 6.18 Å². The van der Waals surface area contributed by atoms with E-state index >= 15 is 0 Å². The number of nitrogens with zero attached hydrogens (tertiary/aromatic N) is 2. The van der Waals surface area contributed by atoms with Crippen LogP contribution in [0.5, 0.6) is 0 Å². The summed E-state index contributed by atoms with van der Waals surface area (Å²) < 4.78 is 39.7. The number of benzene rings is 2. The third kappa shape index (κ3) is 4.99. The van der Waals surface area contributed by atoms with Gasteiger partial charge in [-0.1, -0.05) is 48.9 Å². The maximum atomic E-state index is 13.5. The summed E-state index contributed by atoms with van der Waals surface area (Å²) >= 11 is 1.25. The highest BCUT2D eigenvalue weighted by atomic mass is 32.2. The highest BCUT2D eigenvalue weighted by Crippen LogP contribution is 2.43. The van der Waals surface area contributed by atoms with E-state index in [2.05, 4.69) is 0 Å². The number of carbonyl (C=O) groups excluding carboxylic acids is 2. The van der Waals surface area contributed by atoms with Gasteiger partial charge < -0.3 is 9.80 Å². The first kappa shape index (κ1) is 24.0. The predicted molar refractivity (Wildman–Crippen MR) is 130 cm³/mol. The van der Waals surface area contributed by atoms with Crippen molar-refractivity contribution in [2.45, 2.75) is 62.2 Å². The Morgan fingerprint density at radius 3 is 2.63 bits per heavy atom. The van der Waals surface area contributed by atoms with Crippen molar-refractivity contribution < 1.29 is 22.8 Å². The molecule has 1 saturated heterocycles. The average Bonchev–Trinajstić information content (AvgIpc) is 2.86. The topological polar surface area (TPSA) is 40.6 Å².